The average Bonchev–Trinajstić information content (AvgIpc) is 2.90. The maximum atomic E-state index is 12.5. The summed E-state index contributed by atoms with van der Waals surface area (Å²) >= 11 is 7.06. The van der Waals surface area contributed by atoms with E-state index in [2.05, 4.69) is 10.3 Å². The summed E-state index contributed by atoms with van der Waals surface area (Å²) in [5.41, 5.74) is 0.204. The van der Waals surface area contributed by atoms with Gasteiger partial charge in [-0.2, -0.15) is 0 Å². The summed E-state index contributed by atoms with van der Waals surface area (Å²) in [7, 11) is 0. The molecule has 8 heteroatoms. The van der Waals surface area contributed by atoms with E-state index < -0.39 is 17.8 Å². The molecule has 0 aromatic carbocycles. The Hall–Kier alpha value is -2.51. The third kappa shape index (κ3) is 2.63. The summed E-state index contributed by atoms with van der Waals surface area (Å²) in [5.74, 6) is -1.42. The highest BCUT2D eigenvalue weighted by atomic mass is 35.5. The van der Waals surface area contributed by atoms with Crippen LogP contribution in [0.1, 0.15) is 4.88 Å². The molecule has 22 heavy (non-hydrogen) atoms. The number of nitrogens with zero attached hydrogens (tertiary/aromatic N) is 2. The van der Waals surface area contributed by atoms with Crippen molar-refractivity contribution >= 4 is 52.5 Å². The lowest BCUT2D eigenvalue weighted by atomic mass is 10.1. The average molecular weight is 334 g/mol. The normalized spacial score (nSPS) is 17.0. The minimum Gasteiger partial charge on any atom is -0.273 e. The first kappa shape index (κ1) is 14.4. The fourth-order valence-electron chi connectivity index (χ4n) is 1.93. The van der Waals surface area contributed by atoms with Gasteiger partial charge in [0, 0.05) is 17.3 Å². The molecule has 2 aromatic rings. The first-order valence-electron chi connectivity index (χ1n) is 6.13. The van der Waals surface area contributed by atoms with E-state index in [9.17, 15) is 14.4 Å². The number of barbiturate groups is 1. The predicted molar refractivity (Wildman–Crippen MR) is 82.6 cm³/mol. The Labute approximate surface area is 134 Å². The third-order valence-electron chi connectivity index (χ3n) is 2.90. The fraction of sp³-hybridized carbons (Fsp3) is 0. The largest absolute Gasteiger partial charge is 0.335 e. The van der Waals surface area contributed by atoms with Crippen LogP contribution in [0.3, 0.4) is 0 Å². The number of pyridine rings is 1. The molecule has 1 aliphatic rings. The van der Waals surface area contributed by atoms with Crippen molar-refractivity contribution in [3.8, 4) is 0 Å². The number of carbonyl (C=O) groups excluding carboxylic acids is 3. The fourth-order valence-corrected chi connectivity index (χ4v) is 2.94. The van der Waals surface area contributed by atoms with E-state index in [1.807, 2.05) is 0 Å². The lowest BCUT2D eigenvalue weighted by molar-refractivity contribution is -0.122. The minimum absolute atomic E-state index is 0.130. The second-order valence-corrected chi connectivity index (χ2v) is 6.05. The van der Waals surface area contributed by atoms with Gasteiger partial charge < -0.3 is 0 Å². The van der Waals surface area contributed by atoms with Crippen LogP contribution in [0.2, 0.25) is 4.34 Å². The van der Waals surface area contributed by atoms with Gasteiger partial charge in [0.25, 0.3) is 11.8 Å². The van der Waals surface area contributed by atoms with Crippen LogP contribution in [0.15, 0.2) is 42.2 Å². The second kappa shape index (κ2) is 5.70. The molecule has 3 heterocycles. The summed E-state index contributed by atoms with van der Waals surface area (Å²) in [6.45, 7) is 0. The summed E-state index contributed by atoms with van der Waals surface area (Å²) in [6, 6.07) is 5.57. The molecule has 0 spiro atoms. The monoisotopic (exact) mass is 333 g/mol. The van der Waals surface area contributed by atoms with E-state index in [-0.39, 0.29) is 5.57 Å². The van der Waals surface area contributed by atoms with E-state index in [4.69, 9.17) is 11.6 Å². The van der Waals surface area contributed by atoms with Crippen molar-refractivity contribution in [3.05, 3.63) is 51.4 Å². The Kier molecular flexibility index (Phi) is 3.74. The second-order valence-electron chi connectivity index (χ2n) is 4.31. The number of amides is 4. The standard InChI is InChI=1S/C14H8ClN3O3S/c15-11-2-1-9(22-11)7-10-12(19)17-14(21)18(13(10)20)8-3-5-16-6-4-8/h1-7H,(H,17,19,21)/b10-7+. The van der Waals surface area contributed by atoms with Gasteiger partial charge in [0.2, 0.25) is 0 Å². The number of imide groups is 2. The van der Waals surface area contributed by atoms with E-state index in [1.54, 1.807) is 12.1 Å². The van der Waals surface area contributed by atoms with Crippen LogP contribution in [-0.4, -0.2) is 22.8 Å². The van der Waals surface area contributed by atoms with E-state index >= 15 is 0 Å². The lowest BCUT2D eigenvalue weighted by Gasteiger charge is -2.26. The van der Waals surface area contributed by atoms with Gasteiger partial charge in [0.05, 0.1) is 10.0 Å². The smallest absolute Gasteiger partial charge is 0.273 e. The van der Waals surface area contributed by atoms with Crippen LogP contribution >= 0.6 is 22.9 Å². The molecule has 0 saturated carbocycles. The molecule has 1 aliphatic heterocycles. The van der Waals surface area contributed by atoms with E-state index in [0.717, 1.165) is 4.90 Å². The molecule has 1 N–H and O–H groups in total. The van der Waals surface area contributed by atoms with Crippen molar-refractivity contribution < 1.29 is 14.4 Å². The van der Waals surface area contributed by atoms with Crippen LogP contribution < -0.4 is 10.2 Å². The molecule has 1 fully saturated rings. The molecule has 0 aliphatic carbocycles. The zero-order valence-corrected chi connectivity index (χ0v) is 12.5. The van der Waals surface area contributed by atoms with Crippen molar-refractivity contribution in [2.24, 2.45) is 0 Å². The highest BCUT2D eigenvalue weighted by Gasteiger charge is 2.36. The Morgan fingerprint density at radius 2 is 1.86 bits per heavy atom. The maximum Gasteiger partial charge on any atom is 0.335 e. The molecule has 0 radical (unpaired) electrons. The first-order valence-corrected chi connectivity index (χ1v) is 7.32. The van der Waals surface area contributed by atoms with Gasteiger partial charge in [0.15, 0.2) is 0 Å². The van der Waals surface area contributed by atoms with Crippen molar-refractivity contribution in [1.82, 2.24) is 10.3 Å². The lowest BCUT2D eigenvalue weighted by Crippen LogP contribution is -2.54. The van der Waals surface area contributed by atoms with Gasteiger partial charge >= 0.3 is 6.03 Å². The van der Waals surface area contributed by atoms with E-state index in [0.29, 0.717) is 14.9 Å². The number of rotatable bonds is 2. The van der Waals surface area contributed by atoms with Crippen molar-refractivity contribution in [2.75, 3.05) is 4.90 Å². The van der Waals surface area contributed by atoms with Gasteiger partial charge in [0.1, 0.15) is 5.57 Å². The number of hydrogen-bond acceptors (Lipinski definition) is 5. The summed E-state index contributed by atoms with van der Waals surface area (Å²) < 4.78 is 0.539. The van der Waals surface area contributed by atoms with E-state index in [1.165, 1.54) is 41.9 Å². The molecule has 3 rings (SSSR count). The van der Waals surface area contributed by atoms with Crippen LogP contribution in [0, 0.1) is 0 Å². The number of anilines is 1. The Morgan fingerprint density at radius 3 is 2.50 bits per heavy atom. The van der Waals surface area contributed by atoms with Gasteiger partial charge in [-0.3, -0.25) is 19.9 Å². The molecule has 0 unspecified atom stereocenters. The predicted octanol–water partition coefficient (Wildman–Crippen LogP) is 2.46. The Morgan fingerprint density at radius 1 is 1.14 bits per heavy atom. The molecule has 2 aromatic heterocycles. The molecule has 0 bridgehead atoms. The third-order valence-corrected chi connectivity index (χ3v) is 4.08. The van der Waals surface area contributed by atoms with Crippen LogP contribution in [0.5, 0.6) is 0 Å². The quantitative estimate of drug-likeness (QED) is 0.676. The van der Waals surface area contributed by atoms with Crippen molar-refractivity contribution in [3.63, 3.8) is 0 Å². The summed E-state index contributed by atoms with van der Waals surface area (Å²) in [4.78, 5) is 41.7. The zero-order chi connectivity index (χ0) is 15.7. The number of urea groups is 1. The number of thiophene rings is 1. The topological polar surface area (TPSA) is 79.4 Å². The zero-order valence-electron chi connectivity index (χ0n) is 10.9. The molecule has 110 valence electrons. The number of halogens is 1. The van der Waals surface area contributed by atoms with Crippen LogP contribution in [0.25, 0.3) is 6.08 Å². The molecular weight excluding hydrogens is 326 g/mol. The highest BCUT2D eigenvalue weighted by molar-refractivity contribution is 7.17. The maximum absolute atomic E-state index is 12.5. The van der Waals surface area contributed by atoms with Gasteiger partial charge in [-0.1, -0.05) is 11.6 Å². The van der Waals surface area contributed by atoms with Crippen molar-refractivity contribution in [1.29, 1.82) is 0 Å². The van der Waals surface area contributed by atoms with Crippen LogP contribution in [-0.2, 0) is 9.59 Å². The molecule has 6 nitrogen and oxygen atoms in total. The molecule has 1 saturated heterocycles. The number of aromatic nitrogens is 1. The van der Waals surface area contributed by atoms with Gasteiger partial charge in [-0.25, -0.2) is 9.69 Å². The summed E-state index contributed by atoms with van der Waals surface area (Å²) in [5, 5.41) is 2.15. The Bertz CT molecular complexity index is 801. The first-order chi connectivity index (χ1) is 10.6. The Balaban J connectivity index is 2.01. The minimum atomic E-state index is -0.789. The van der Waals surface area contributed by atoms with Gasteiger partial charge in [-0.15, -0.1) is 11.3 Å². The van der Waals surface area contributed by atoms with Crippen molar-refractivity contribution in [2.45, 2.75) is 0 Å². The number of carbonyl (C=O) groups is 3. The van der Waals surface area contributed by atoms with Crippen LogP contribution in [0.4, 0.5) is 10.5 Å². The molecule has 4 amide bonds. The highest BCUT2D eigenvalue weighted by Crippen LogP contribution is 2.26. The molecule has 0 atom stereocenters. The molecular formula is C14H8ClN3O3S. The number of nitrogens with one attached hydrogen (secondary N) is 1. The number of hydrogen-bond donors (Lipinski definition) is 1. The van der Waals surface area contributed by atoms with Gasteiger partial charge in [-0.05, 0) is 30.3 Å². The SMILES string of the molecule is O=C1NC(=O)N(c2ccncc2)C(=O)/C1=C/c1ccc(Cl)s1. The summed E-state index contributed by atoms with van der Waals surface area (Å²) in [6.07, 6.45) is 4.32.